The number of hydrogen-bond acceptors (Lipinski definition) is 3. The summed E-state index contributed by atoms with van der Waals surface area (Å²) >= 11 is 0. The lowest BCUT2D eigenvalue weighted by atomic mass is 10.2. The summed E-state index contributed by atoms with van der Waals surface area (Å²) in [5.74, 6) is -0.287. The van der Waals surface area contributed by atoms with E-state index < -0.39 is 5.60 Å². The molecule has 3 heteroatoms. The van der Waals surface area contributed by atoms with Crippen LogP contribution in [0, 0.1) is 0 Å². The van der Waals surface area contributed by atoms with Crippen LogP contribution in [0.2, 0.25) is 0 Å². The first-order valence-electron chi connectivity index (χ1n) is 10.7. The summed E-state index contributed by atoms with van der Waals surface area (Å²) in [4.78, 5) is 11.5. The van der Waals surface area contributed by atoms with Gasteiger partial charge in [-0.25, -0.2) is 4.79 Å². The van der Waals surface area contributed by atoms with E-state index in [1.165, 1.54) is 25.7 Å². The minimum absolute atomic E-state index is 0.0530. The molecular formula is C24H42O3. The van der Waals surface area contributed by atoms with Gasteiger partial charge in [0.1, 0.15) is 12.2 Å². The Morgan fingerprint density at radius 1 is 0.778 bits per heavy atom. The molecule has 0 saturated heterocycles. The summed E-state index contributed by atoms with van der Waals surface area (Å²) < 4.78 is 10.5. The topological polar surface area (TPSA) is 35.5 Å². The minimum atomic E-state index is -0.438. The Kier molecular flexibility index (Phi) is 17.1. The summed E-state index contributed by atoms with van der Waals surface area (Å²) in [5, 5.41) is 0. The molecular weight excluding hydrogens is 336 g/mol. The van der Waals surface area contributed by atoms with E-state index in [2.05, 4.69) is 43.4 Å². The Hall–Kier alpha value is -1.35. The Balaban J connectivity index is 3.38. The fourth-order valence-electron chi connectivity index (χ4n) is 2.46. The highest BCUT2D eigenvalue weighted by Crippen LogP contribution is 2.07. The molecule has 0 aliphatic rings. The Morgan fingerprint density at radius 2 is 1.33 bits per heavy atom. The average Bonchev–Trinajstić information content (AvgIpc) is 2.59. The highest BCUT2D eigenvalue weighted by atomic mass is 16.6. The molecule has 156 valence electrons. The smallest absolute Gasteiger partial charge is 0.332 e. The summed E-state index contributed by atoms with van der Waals surface area (Å²) in [5.41, 5.74) is -0.438. The molecule has 0 bridgehead atoms. The molecule has 0 rings (SSSR count). The Bertz CT molecular complexity index is 427. The van der Waals surface area contributed by atoms with Crippen molar-refractivity contribution in [2.45, 2.75) is 97.5 Å². The van der Waals surface area contributed by atoms with Crippen LogP contribution in [-0.4, -0.2) is 24.8 Å². The molecule has 3 nitrogen and oxygen atoms in total. The van der Waals surface area contributed by atoms with Crippen LogP contribution in [0.1, 0.15) is 91.9 Å². The van der Waals surface area contributed by atoms with Crippen molar-refractivity contribution < 1.29 is 14.3 Å². The van der Waals surface area contributed by atoms with Crippen molar-refractivity contribution in [1.82, 2.24) is 0 Å². The molecule has 0 radical (unpaired) electrons. The maximum Gasteiger partial charge on any atom is 0.332 e. The lowest BCUT2D eigenvalue weighted by Crippen LogP contribution is -2.26. The summed E-state index contributed by atoms with van der Waals surface area (Å²) in [7, 11) is 0. The zero-order chi connectivity index (χ0) is 20.2. The van der Waals surface area contributed by atoms with Crippen molar-refractivity contribution in [3.05, 3.63) is 36.5 Å². The Morgan fingerprint density at radius 3 is 1.89 bits per heavy atom. The number of carbonyl (C=O) groups excluding carboxylic acids is 1. The number of carbonyl (C=O) groups is 1. The second-order valence-electron chi connectivity index (χ2n) is 7.87. The maximum atomic E-state index is 11.5. The predicted molar refractivity (Wildman–Crippen MR) is 116 cm³/mol. The molecule has 0 aromatic rings. The van der Waals surface area contributed by atoms with E-state index in [1.54, 1.807) is 0 Å². The van der Waals surface area contributed by atoms with E-state index in [0.717, 1.165) is 38.5 Å². The van der Waals surface area contributed by atoms with Crippen molar-refractivity contribution >= 4 is 5.97 Å². The number of ether oxygens (including phenoxy) is 2. The first kappa shape index (κ1) is 25.6. The van der Waals surface area contributed by atoms with Crippen molar-refractivity contribution in [3.8, 4) is 0 Å². The quantitative estimate of drug-likeness (QED) is 0.166. The van der Waals surface area contributed by atoms with Gasteiger partial charge in [0.15, 0.2) is 0 Å². The molecule has 0 N–H and O–H groups in total. The van der Waals surface area contributed by atoms with E-state index in [1.807, 2.05) is 20.8 Å². The van der Waals surface area contributed by atoms with Crippen LogP contribution in [0.4, 0.5) is 0 Å². The molecule has 0 unspecified atom stereocenters. The first-order chi connectivity index (χ1) is 13.0. The molecule has 0 fully saturated rings. The predicted octanol–water partition coefficient (Wildman–Crippen LogP) is 6.93. The number of esters is 1. The van der Waals surface area contributed by atoms with Crippen LogP contribution in [0.5, 0.6) is 0 Å². The molecule has 0 aromatic carbocycles. The van der Waals surface area contributed by atoms with Crippen LogP contribution in [0.15, 0.2) is 36.5 Å². The zero-order valence-corrected chi connectivity index (χ0v) is 18.2. The SMILES string of the molecule is CCCCCC=CCC=CCC=CCCCCCOCC(=O)OC(C)(C)C. The third kappa shape index (κ3) is 22.6. The van der Waals surface area contributed by atoms with E-state index in [4.69, 9.17) is 9.47 Å². The molecule has 0 atom stereocenters. The zero-order valence-electron chi connectivity index (χ0n) is 18.2. The molecule has 0 saturated carbocycles. The van der Waals surface area contributed by atoms with Crippen LogP contribution < -0.4 is 0 Å². The van der Waals surface area contributed by atoms with Gasteiger partial charge in [-0.05, 0) is 65.7 Å². The molecule has 0 aliphatic carbocycles. The molecule has 0 heterocycles. The van der Waals surface area contributed by atoms with Crippen molar-refractivity contribution in [3.63, 3.8) is 0 Å². The normalized spacial score (nSPS) is 12.6. The lowest BCUT2D eigenvalue weighted by molar-refractivity contribution is -0.160. The van der Waals surface area contributed by atoms with E-state index >= 15 is 0 Å². The number of rotatable bonds is 16. The number of hydrogen-bond donors (Lipinski definition) is 0. The Labute approximate surface area is 167 Å². The molecule has 27 heavy (non-hydrogen) atoms. The van der Waals surface area contributed by atoms with Crippen molar-refractivity contribution in [2.24, 2.45) is 0 Å². The molecule has 0 amide bonds. The highest BCUT2D eigenvalue weighted by molar-refractivity contribution is 5.71. The second-order valence-corrected chi connectivity index (χ2v) is 7.87. The van der Waals surface area contributed by atoms with Gasteiger partial charge in [0.2, 0.25) is 0 Å². The molecule has 0 aromatic heterocycles. The third-order valence-corrected chi connectivity index (χ3v) is 3.82. The van der Waals surface area contributed by atoms with Crippen LogP contribution >= 0.6 is 0 Å². The van der Waals surface area contributed by atoms with Gasteiger partial charge >= 0.3 is 5.97 Å². The van der Waals surface area contributed by atoms with Crippen LogP contribution in [0.25, 0.3) is 0 Å². The van der Waals surface area contributed by atoms with Gasteiger partial charge in [-0.3, -0.25) is 0 Å². The summed E-state index contributed by atoms with van der Waals surface area (Å²) in [6.45, 7) is 8.50. The van der Waals surface area contributed by atoms with Gasteiger partial charge in [0.05, 0.1) is 0 Å². The monoisotopic (exact) mass is 378 g/mol. The fourth-order valence-corrected chi connectivity index (χ4v) is 2.46. The number of allylic oxidation sites excluding steroid dienone is 6. The van der Waals surface area contributed by atoms with Gasteiger partial charge in [-0.1, -0.05) is 62.6 Å². The van der Waals surface area contributed by atoms with Gasteiger partial charge in [-0.2, -0.15) is 0 Å². The second kappa shape index (κ2) is 18.0. The fraction of sp³-hybridized carbons (Fsp3) is 0.708. The largest absolute Gasteiger partial charge is 0.458 e. The van der Waals surface area contributed by atoms with Crippen molar-refractivity contribution in [2.75, 3.05) is 13.2 Å². The molecule has 0 spiro atoms. The van der Waals surface area contributed by atoms with Crippen molar-refractivity contribution in [1.29, 1.82) is 0 Å². The van der Waals surface area contributed by atoms with Gasteiger partial charge in [-0.15, -0.1) is 0 Å². The standard InChI is InChI=1S/C24H42O3/c1-5-6-7-8-9-10-11-12-13-14-15-16-17-18-19-20-21-26-22-23(25)27-24(2,3)4/h9-10,12-13,15-16H,5-8,11,14,17-22H2,1-4H3. The van der Waals surface area contributed by atoms with Gasteiger partial charge in [0.25, 0.3) is 0 Å². The van der Waals surface area contributed by atoms with Crippen LogP contribution in [0.3, 0.4) is 0 Å². The van der Waals surface area contributed by atoms with E-state index in [9.17, 15) is 4.79 Å². The summed E-state index contributed by atoms with van der Waals surface area (Å²) in [6.07, 6.45) is 25.1. The lowest BCUT2D eigenvalue weighted by Gasteiger charge is -2.19. The summed E-state index contributed by atoms with van der Waals surface area (Å²) in [6, 6.07) is 0. The maximum absolute atomic E-state index is 11.5. The van der Waals surface area contributed by atoms with Crippen LogP contribution in [-0.2, 0) is 14.3 Å². The first-order valence-corrected chi connectivity index (χ1v) is 10.7. The van der Waals surface area contributed by atoms with E-state index in [-0.39, 0.29) is 12.6 Å². The third-order valence-electron chi connectivity index (χ3n) is 3.82. The number of unbranched alkanes of at least 4 members (excludes halogenated alkanes) is 6. The highest BCUT2D eigenvalue weighted by Gasteiger charge is 2.15. The minimum Gasteiger partial charge on any atom is -0.458 e. The van der Waals surface area contributed by atoms with Gasteiger partial charge in [0, 0.05) is 6.61 Å². The van der Waals surface area contributed by atoms with Gasteiger partial charge < -0.3 is 9.47 Å². The average molecular weight is 379 g/mol. The molecule has 0 aliphatic heterocycles. The van der Waals surface area contributed by atoms with E-state index in [0.29, 0.717) is 6.61 Å².